The van der Waals surface area contributed by atoms with Gasteiger partial charge < -0.3 is 9.64 Å². The molecular weight excluding hydrogens is 304 g/mol. The highest BCUT2D eigenvalue weighted by Crippen LogP contribution is 2.12. The average Bonchev–Trinajstić information content (AvgIpc) is 2.47. The van der Waals surface area contributed by atoms with E-state index in [1.54, 1.807) is 12.1 Å². The van der Waals surface area contributed by atoms with E-state index in [2.05, 4.69) is 9.62 Å². The van der Waals surface area contributed by atoms with Gasteiger partial charge in [0.25, 0.3) is 0 Å². The zero-order valence-corrected chi connectivity index (χ0v) is 13.7. The van der Waals surface area contributed by atoms with Crippen LogP contribution in [0.2, 0.25) is 0 Å². The molecule has 0 spiro atoms. The minimum absolute atomic E-state index is 0.0463. The van der Waals surface area contributed by atoms with Crippen LogP contribution in [0.4, 0.5) is 0 Å². The van der Waals surface area contributed by atoms with Crippen molar-refractivity contribution in [1.82, 2.24) is 9.62 Å². The second kappa shape index (κ2) is 7.32. The number of benzene rings is 1. The van der Waals surface area contributed by atoms with Gasteiger partial charge >= 0.3 is 0 Å². The number of ether oxygens (including phenoxy) is 1. The molecule has 0 radical (unpaired) electrons. The van der Waals surface area contributed by atoms with Crippen molar-refractivity contribution in [2.45, 2.75) is 24.3 Å². The van der Waals surface area contributed by atoms with E-state index >= 15 is 0 Å². The molecule has 0 saturated carbocycles. The topological polar surface area (TPSA) is 75.7 Å². The molecule has 1 N–H and O–H groups in total. The van der Waals surface area contributed by atoms with Gasteiger partial charge in [-0.1, -0.05) is 12.1 Å². The van der Waals surface area contributed by atoms with Crippen LogP contribution in [-0.4, -0.2) is 58.5 Å². The average molecular weight is 326 g/mol. The molecular formula is C15H22N2O4S. The van der Waals surface area contributed by atoms with Gasteiger partial charge in [-0.3, -0.25) is 4.79 Å². The summed E-state index contributed by atoms with van der Waals surface area (Å²) in [4.78, 5) is 13.6. The molecule has 0 amide bonds. The van der Waals surface area contributed by atoms with Gasteiger partial charge in [0.15, 0.2) is 5.78 Å². The highest BCUT2D eigenvalue weighted by Gasteiger charge is 2.19. The van der Waals surface area contributed by atoms with E-state index in [0.29, 0.717) is 25.1 Å². The molecule has 1 saturated heterocycles. The van der Waals surface area contributed by atoms with Crippen LogP contribution in [0.25, 0.3) is 0 Å². The summed E-state index contributed by atoms with van der Waals surface area (Å²) < 4.78 is 32.6. The van der Waals surface area contributed by atoms with Crippen LogP contribution in [0.5, 0.6) is 0 Å². The Kier molecular flexibility index (Phi) is 5.69. The van der Waals surface area contributed by atoms with Gasteiger partial charge in [0.05, 0.1) is 17.6 Å². The molecule has 2 rings (SSSR count). The molecule has 0 bridgehead atoms. The van der Waals surface area contributed by atoms with Crippen molar-refractivity contribution >= 4 is 15.8 Å². The van der Waals surface area contributed by atoms with Gasteiger partial charge in [-0.2, -0.15) is 0 Å². The van der Waals surface area contributed by atoms with E-state index in [-0.39, 0.29) is 16.8 Å². The van der Waals surface area contributed by atoms with Gasteiger partial charge in [0.1, 0.15) is 0 Å². The highest BCUT2D eigenvalue weighted by molar-refractivity contribution is 7.89. The number of hydrogen-bond acceptors (Lipinski definition) is 5. The predicted molar refractivity (Wildman–Crippen MR) is 83.5 cm³/mol. The third-order valence-electron chi connectivity index (χ3n) is 3.65. The van der Waals surface area contributed by atoms with Gasteiger partial charge in [-0.15, -0.1) is 0 Å². The van der Waals surface area contributed by atoms with Gasteiger partial charge in [0.2, 0.25) is 10.0 Å². The lowest BCUT2D eigenvalue weighted by Crippen LogP contribution is -2.41. The maximum Gasteiger partial charge on any atom is 0.240 e. The Hall–Kier alpha value is -1.28. The van der Waals surface area contributed by atoms with Crippen molar-refractivity contribution in [3.05, 3.63) is 29.8 Å². The lowest BCUT2D eigenvalue weighted by Gasteiger charge is -2.30. The SMILES string of the molecule is CC(=O)c1cccc(S(=O)(=O)NCCC2CN(C)CCO2)c1. The minimum atomic E-state index is -3.60. The third kappa shape index (κ3) is 4.61. The molecule has 1 aliphatic heterocycles. The Balaban J connectivity index is 1.93. The van der Waals surface area contributed by atoms with Crippen LogP contribution in [0.1, 0.15) is 23.7 Å². The first-order chi connectivity index (χ1) is 10.4. The molecule has 0 aliphatic carbocycles. The molecule has 0 aromatic heterocycles. The fourth-order valence-electron chi connectivity index (χ4n) is 2.36. The number of Topliss-reactive ketones (excluding diaryl/α,β-unsaturated/α-hetero) is 1. The normalized spacial score (nSPS) is 20.0. The van der Waals surface area contributed by atoms with Crippen molar-refractivity contribution in [1.29, 1.82) is 0 Å². The summed E-state index contributed by atoms with van der Waals surface area (Å²) in [7, 11) is -1.58. The number of nitrogens with zero attached hydrogens (tertiary/aromatic N) is 1. The molecule has 7 heteroatoms. The Morgan fingerprint density at radius 1 is 1.45 bits per heavy atom. The first-order valence-electron chi connectivity index (χ1n) is 7.29. The molecule has 22 heavy (non-hydrogen) atoms. The number of carbonyl (C=O) groups excluding carboxylic acids is 1. The zero-order valence-electron chi connectivity index (χ0n) is 12.9. The lowest BCUT2D eigenvalue weighted by atomic mass is 10.2. The van der Waals surface area contributed by atoms with E-state index in [1.807, 2.05) is 7.05 Å². The summed E-state index contributed by atoms with van der Waals surface area (Å²) >= 11 is 0. The van der Waals surface area contributed by atoms with E-state index < -0.39 is 10.0 Å². The number of morpholine rings is 1. The van der Waals surface area contributed by atoms with Gasteiger partial charge in [0, 0.05) is 25.2 Å². The fraction of sp³-hybridized carbons (Fsp3) is 0.533. The van der Waals surface area contributed by atoms with Crippen molar-refractivity contribution in [2.24, 2.45) is 0 Å². The lowest BCUT2D eigenvalue weighted by molar-refractivity contribution is -0.0222. The first kappa shape index (κ1) is 17.1. The zero-order chi connectivity index (χ0) is 16.2. The summed E-state index contributed by atoms with van der Waals surface area (Å²) in [5.41, 5.74) is 0.389. The second-order valence-corrected chi connectivity index (χ2v) is 7.29. The Labute approximate surface area is 131 Å². The fourth-order valence-corrected chi connectivity index (χ4v) is 3.45. The molecule has 1 fully saturated rings. The summed E-state index contributed by atoms with van der Waals surface area (Å²) in [5, 5.41) is 0. The van der Waals surface area contributed by atoms with Crippen LogP contribution in [-0.2, 0) is 14.8 Å². The monoisotopic (exact) mass is 326 g/mol. The Morgan fingerprint density at radius 2 is 2.23 bits per heavy atom. The van der Waals surface area contributed by atoms with Crippen LogP contribution < -0.4 is 4.72 Å². The molecule has 1 aromatic carbocycles. The summed E-state index contributed by atoms with van der Waals surface area (Å²) in [5.74, 6) is -0.157. The van der Waals surface area contributed by atoms with E-state index in [0.717, 1.165) is 13.1 Å². The van der Waals surface area contributed by atoms with Crippen molar-refractivity contribution in [3.8, 4) is 0 Å². The molecule has 1 heterocycles. The number of rotatable bonds is 6. The minimum Gasteiger partial charge on any atom is -0.376 e. The number of hydrogen-bond donors (Lipinski definition) is 1. The predicted octanol–water partition coefficient (Wildman–Crippen LogP) is 0.888. The number of ketones is 1. The highest BCUT2D eigenvalue weighted by atomic mass is 32.2. The third-order valence-corrected chi connectivity index (χ3v) is 5.11. The number of carbonyl (C=O) groups is 1. The molecule has 1 aromatic rings. The Morgan fingerprint density at radius 3 is 2.91 bits per heavy atom. The van der Waals surface area contributed by atoms with E-state index in [1.165, 1.54) is 19.1 Å². The standard InChI is InChI=1S/C15H22N2O4S/c1-12(18)13-4-3-5-15(10-13)22(19,20)16-7-6-14-11-17(2)8-9-21-14/h3-5,10,14,16H,6-9,11H2,1-2H3. The summed E-state index contributed by atoms with van der Waals surface area (Å²) in [6.07, 6.45) is 0.667. The van der Waals surface area contributed by atoms with Gasteiger partial charge in [-0.25, -0.2) is 13.1 Å². The summed E-state index contributed by atoms with van der Waals surface area (Å²) in [6, 6.07) is 6.06. The van der Waals surface area contributed by atoms with E-state index in [9.17, 15) is 13.2 Å². The van der Waals surface area contributed by atoms with Crippen LogP contribution in [0, 0.1) is 0 Å². The maximum atomic E-state index is 12.2. The first-order valence-corrected chi connectivity index (χ1v) is 8.77. The second-order valence-electron chi connectivity index (χ2n) is 5.53. The quantitative estimate of drug-likeness (QED) is 0.786. The van der Waals surface area contributed by atoms with Crippen LogP contribution >= 0.6 is 0 Å². The molecule has 1 atom stereocenters. The number of nitrogens with one attached hydrogen (secondary N) is 1. The smallest absolute Gasteiger partial charge is 0.240 e. The van der Waals surface area contributed by atoms with E-state index in [4.69, 9.17) is 4.74 Å². The molecule has 122 valence electrons. The number of likely N-dealkylation sites (N-methyl/N-ethyl adjacent to an activating group) is 1. The van der Waals surface area contributed by atoms with Crippen LogP contribution in [0.3, 0.4) is 0 Å². The molecule has 6 nitrogen and oxygen atoms in total. The largest absolute Gasteiger partial charge is 0.376 e. The van der Waals surface area contributed by atoms with Crippen LogP contribution in [0.15, 0.2) is 29.2 Å². The molecule has 1 unspecified atom stereocenters. The van der Waals surface area contributed by atoms with Gasteiger partial charge in [-0.05, 0) is 32.5 Å². The van der Waals surface area contributed by atoms with Crippen molar-refractivity contribution < 1.29 is 17.9 Å². The molecule has 1 aliphatic rings. The number of sulfonamides is 1. The Bertz CT molecular complexity index is 630. The van der Waals surface area contributed by atoms with Crippen molar-refractivity contribution in [2.75, 3.05) is 33.3 Å². The van der Waals surface area contributed by atoms with Crippen molar-refractivity contribution in [3.63, 3.8) is 0 Å². The summed E-state index contributed by atoms with van der Waals surface area (Å²) in [6.45, 7) is 4.11. The maximum absolute atomic E-state index is 12.2.